The van der Waals surface area contributed by atoms with Crippen molar-refractivity contribution in [3.8, 4) is 5.75 Å². The third-order valence-corrected chi connectivity index (χ3v) is 4.37. The molecule has 1 aromatic carbocycles. The summed E-state index contributed by atoms with van der Waals surface area (Å²) in [5, 5.41) is 12.9. The summed E-state index contributed by atoms with van der Waals surface area (Å²) in [6, 6.07) is 7.58. The highest BCUT2D eigenvalue weighted by Gasteiger charge is 2.22. The molecule has 1 amide bonds. The molecule has 5 heteroatoms. The summed E-state index contributed by atoms with van der Waals surface area (Å²) in [6.45, 7) is 4.14. The lowest BCUT2D eigenvalue weighted by atomic mass is 9.98. The maximum absolute atomic E-state index is 11.8. The summed E-state index contributed by atoms with van der Waals surface area (Å²) in [5.74, 6) is 1.08. The van der Waals surface area contributed by atoms with E-state index >= 15 is 0 Å². The molecule has 0 heterocycles. The SMILES string of the molecule is CCC(O)(CC)CNC(=O)CSc1ccc(OC)cc1. The molecule has 0 aliphatic carbocycles. The van der Waals surface area contributed by atoms with E-state index < -0.39 is 5.60 Å². The predicted octanol–water partition coefficient (Wildman–Crippen LogP) is 2.45. The Bertz CT molecular complexity index is 416. The maximum atomic E-state index is 11.8. The number of amides is 1. The smallest absolute Gasteiger partial charge is 0.230 e. The minimum absolute atomic E-state index is 0.0638. The zero-order chi connectivity index (χ0) is 15.0. The van der Waals surface area contributed by atoms with Crippen LogP contribution in [0.4, 0.5) is 0 Å². The average molecular weight is 297 g/mol. The first-order chi connectivity index (χ1) is 9.53. The van der Waals surface area contributed by atoms with Crippen LogP contribution in [-0.4, -0.2) is 36.0 Å². The normalized spacial score (nSPS) is 11.2. The third kappa shape index (κ3) is 5.43. The van der Waals surface area contributed by atoms with E-state index in [4.69, 9.17) is 4.74 Å². The Hall–Kier alpha value is -1.20. The first-order valence-electron chi connectivity index (χ1n) is 6.79. The first kappa shape index (κ1) is 16.9. The summed E-state index contributed by atoms with van der Waals surface area (Å²) in [4.78, 5) is 12.8. The third-order valence-electron chi connectivity index (χ3n) is 3.36. The lowest BCUT2D eigenvalue weighted by molar-refractivity contribution is -0.119. The topological polar surface area (TPSA) is 58.6 Å². The van der Waals surface area contributed by atoms with Gasteiger partial charge in [-0.05, 0) is 37.1 Å². The molecule has 0 radical (unpaired) electrons. The fourth-order valence-electron chi connectivity index (χ4n) is 1.63. The zero-order valence-corrected chi connectivity index (χ0v) is 13.1. The van der Waals surface area contributed by atoms with Gasteiger partial charge in [-0.3, -0.25) is 4.79 Å². The van der Waals surface area contributed by atoms with Gasteiger partial charge < -0.3 is 15.2 Å². The van der Waals surface area contributed by atoms with Gasteiger partial charge in [0.1, 0.15) is 5.75 Å². The van der Waals surface area contributed by atoms with Gasteiger partial charge in [-0.1, -0.05) is 13.8 Å². The maximum Gasteiger partial charge on any atom is 0.230 e. The van der Waals surface area contributed by atoms with E-state index in [2.05, 4.69) is 5.32 Å². The van der Waals surface area contributed by atoms with Crippen molar-refractivity contribution in [1.29, 1.82) is 0 Å². The summed E-state index contributed by atoms with van der Waals surface area (Å²) >= 11 is 1.46. The van der Waals surface area contributed by atoms with Crippen LogP contribution in [0.1, 0.15) is 26.7 Å². The van der Waals surface area contributed by atoms with Gasteiger partial charge in [0.2, 0.25) is 5.91 Å². The van der Waals surface area contributed by atoms with E-state index in [1.54, 1.807) is 7.11 Å². The molecule has 0 bridgehead atoms. The number of hydrogen-bond donors (Lipinski definition) is 2. The molecule has 20 heavy (non-hydrogen) atoms. The highest BCUT2D eigenvalue weighted by Crippen LogP contribution is 2.21. The molecule has 1 aromatic rings. The summed E-state index contributed by atoms with van der Waals surface area (Å²) < 4.78 is 5.08. The molecule has 0 aromatic heterocycles. The number of rotatable bonds is 8. The van der Waals surface area contributed by atoms with Crippen LogP contribution in [0, 0.1) is 0 Å². The second-order valence-corrected chi connectivity index (χ2v) is 5.72. The quantitative estimate of drug-likeness (QED) is 0.724. The number of hydrogen-bond acceptors (Lipinski definition) is 4. The number of thioether (sulfide) groups is 1. The Balaban J connectivity index is 2.35. The van der Waals surface area contributed by atoms with Crippen LogP contribution in [0.25, 0.3) is 0 Å². The minimum atomic E-state index is -0.791. The molecular weight excluding hydrogens is 274 g/mol. The van der Waals surface area contributed by atoms with Gasteiger partial charge in [0.05, 0.1) is 18.5 Å². The van der Waals surface area contributed by atoms with Crippen molar-refractivity contribution in [2.24, 2.45) is 0 Å². The number of methoxy groups -OCH3 is 1. The number of carbonyl (C=O) groups is 1. The number of aliphatic hydroxyl groups is 1. The van der Waals surface area contributed by atoms with E-state index in [0.717, 1.165) is 10.6 Å². The molecule has 0 aliphatic heterocycles. The van der Waals surface area contributed by atoms with Crippen molar-refractivity contribution in [3.63, 3.8) is 0 Å². The second kappa shape index (κ2) is 8.17. The van der Waals surface area contributed by atoms with Crippen LogP contribution >= 0.6 is 11.8 Å². The fourth-order valence-corrected chi connectivity index (χ4v) is 2.36. The van der Waals surface area contributed by atoms with E-state index in [1.165, 1.54) is 11.8 Å². The molecule has 0 aliphatic rings. The summed E-state index contributed by atoms with van der Waals surface area (Å²) in [5.41, 5.74) is -0.791. The van der Waals surface area contributed by atoms with Crippen molar-refractivity contribution in [2.75, 3.05) is 19.4 Å². The molecule has 2 N–H and O–H groups in total. The molecule has 0 fully saturated rings. The Labute approximate surface area is 124 Å². The van der Waals surface area contributed by atoms with Gasteiger partial charge in [0.25, 0.3) is 0 Å². The van der Waals surface area contributed by atoms with E-state index in [1.807, 2.05) is 38.1 Å². The van der Waals surface area contributed by atoms with Crippen molar-refractivity contribution in [2.45, 2.75) is 37.2 Å². The van der Waals surface area contributed by atoms with Crippen LogP contribution in [0.3, 0.4) is 0 Å². The molecule has 112 valence electrons. The Morgan fingerprint density at radius 2 is 1.90 bits per heavy atom. The summed E-state index contributed by atoms with van der Waals surface area (Å²) in [6.07, 6.45) is 1.27. The lowest BCUT2D eigenvalue weighted by Crippen LogP contribution is -2.42. The molecule has 0 unspecified atom stereocenters. The van der Waals surface area contributed by atoms with Gasteiger partial charge in [-0.15, -0.1) is 11.8 Å². The molecule has 1 rings (SSSR count). The minimum Gasteiger partial charge on any atom is -0.497 e. The number of ether oxygens (including phenoxy) is 1. The molecule has 0 saturated heterocycles. The van der Waals surface area contributed by atoms with E-state index in [-0.39, 0.29) is 5.91 Å². The van der Waals surface area contributed by atoms with E-state index in [9.17, 15) is 9.90 Å². The standard InChI is InChI=1S/C15H23NO3S/c1-4-15(18,5-2)11-16-14(17)10-20-13-8-6-12(19-3)7-9-13/h6-9,18H,4-5,10-11H2,1-3H3,(H,16,17). The highest BCUT2D eigenvalue weighted by molar-refractivity contribution is 8.00. The monoisotopic (exact) mass is 297 g/mol. The van der Waals surface area contributed by atoms with Crippen LogP contribution < -0.4 is 10.1 Å². The van der Waals surface area contributed by atoms with Crippen molar-refractivity contribution < 1.29 is 14.6 Å². The van der Waals surface area contributed by atoms with Gasteiger partial charge in [0, 0.05) is 11.4 Å². The fraction of sp³-hybridized carbons (Fsp3) is 0.533. The Kier molecular flexibility index (Phi) is 6.88. The molecular formula is C15H23NO3S. The largest absolute Gasteiger partial charge is 0.497 e. The molecule has 0 saturated carbocycles. The molecule has 0 atom stereocenters. The van der Waals surface area contributed by atoms with Crippen molar-refractivity contribution in [3.05, 3.63) is 24.3 Å². The predicted molar refractivity (Wildman–Crippen MR) is 82.3 cm³/mol. The van der Waals surface area contributed by atoms with Crippen LogP contribution in [0.5, 0.6) is 5.75 Å². The van der Waals surface area contributed by atoms with Crippen LogP contribution in [0.2, 0.25) is 0 Å². The van der Waals surface area contributed by atoms with Gasteiger partial charge in [-0.25, -0.2) is 0 Å². The highest BCUT2D eigenvalue weighted by atomic mass is 32.2. The lowest BCUT2D eigenvalue weighted by Gasteiger charge is -2.25. The number of nitrogens with one attached hydrogen (secondary N) is 1. The molecule has 4 nitrogen and oxygen atoms in total. The summed E-state index contributed by atoms with van der Waals surface area (Å²) in [7, 11) is 1.62. The average Bonchev–Trinajstić information content (AvgIpc) is 2.51. The Morgan fingerprint density at radius 3 is 2.40 bits per heavy atom. The number of carbonyl (C=O) groups excluding carboxylic acids is 1. The van der Waals surface area contributed by atoms with Gasteiger partial charge in [-0.2, -0.15) is 0 Å². The van der Waals surface area contributed by atoms with Crippen molar-refractivity contribution in [1.82, 2.24) is 5.32 Å². The zero-order valence-electron chi connectivity index (χ0n) is 12.3. The van der Waals surface area contributed by atoms with Crippen molar-refractivity contribution >= 4 is 17.7 Å². The molecule has 0 spiro atoms. The Morgan fingerprint density at radius 1 is 1.30 bits per heavy atom. The number of benzene rings is 1. The first-order valence-corrected chi connectivity index (χ1v) is 7.77. The van der Waals surface area contributed by atoms with Gasteiger partial charge >= 0.3 is 0 Å². The van der Waals surface area contributed by atoms with E-state index in [0.29, 0.717) is 25.1 Å². The second-order valence-electron chi connectivity index (χ2n) is 4.67. The van der Waals surface area contributed by atoms with Crippen LogP contribution in [-0.2, 0) is 4.79 Å². The van der Waals surface area contributed by atoms with Crippen LogP contribution in [0.15, 0.2) is 29.2 Å². The van der Waals surface area contributed by atoms with Gasteiger partial charge in [0.15, 0.2) is 0 Å².